The molecule has 2 fully saturated rings. The third kappa shape index (κ3) is 2.24. The molecule has 2 rings (SSSR count). The van der Waals surface area contributed by atoms with Crippen molar-refractivity contribution in [2.24, 2.45) is 5.92 Å². The van der Waals surface area contributed by atoms with E-state index in [0.29, 0.717) is 5.91 Å². The van der Waals surface area contributed by atoms with Crippen molar-refractivity contribution in [1.82, 2.24) is 10.2 Å². The summed E-state index contributed by atoms with van der Waals surface area (Å²) in [5, 5.41) is 3.37. The Labute approximate surface area is 98.6 Å². The average molecular weight is 224 g/mol. The molecule has 92 valence electrons. The third-order valence-corrected chi connectivity index (χ3v) is 4.11. The highest BCUT2D eigenvalue weighted by Gasteiger charge is 2.40. The molecule has 0 spiro atoms. The first kappa shape index (κ1) is 11.9. The monoisotopic (exact) mass is 224 g/mol. The molecule has 0 bridgehead atoms. The van der Waals surface area contributed by atoms with Gasteiger partial charge in [0.05, 0.1) is 5.54 Å². The zero-order valence-corrected chi connectivity index (χ0v) is 10.6. The summed E-state index contributed by atoms with van der Waals surface area (Å²) in [5.74, 6) is 1.09. The molecule has 2 unspecified atom stereocenters. The van der Waals surface area contributed by atoms with Crippen molar-refractivity contribution in [3.05, 3.63) is 0 Å². The highest BCUT2D eigenvalue weighted by molar-refractivity contribution is 5.86. The molecule has 0 aliphatic carbocycles. The van der Waals surface area contributed by atoms with Gasteiger partial charge in [0.15, 0.2) is 0 Å². The number of likely N-dealkylation sites (tertiary alicyclic amines) is 1. The molecule has 3 nitrogen and oxygen atoms in total. The molecule has 0 saturated carbocycles. The number of hydrogen-bond acceptors (Lipinski definition) is 2. The van der Waals surface area contributed by atoms with E-state index in [2.05, 4.69) is 24.1 Å². The summed E-state index contributed by atoms with van der Waals surface area (Å²) in [5.41, 5.74) is -0.263. The second kappa shape index (κ2) is 4.74. The van der Waals surface area contributed by atoms with Gasteiger partial charge in [-0.15, -0.1) is 0 Å². The number of carbonyl (C=O) groups excluding carboxylic acids is 1. The summed E-state index contributed by atoms with van der Waals surface area (Å²) in [6.45, 7) is 7.25. The number of nitrogens with zero attached hydrogens (tertiary/aromatic N) is 1. The van der Waals surface area contributed by atoms with E-state index in [4.69, 9.17) is 0 Å². The van der Waals surface area contributed by atoms with Gasteiger partial charge >= 0.3 is 0 Å². The maximum Gasteiger partial charge on any atom is 0.242 e. The van der Waals surface area contributed by atoms with Crippen LogP contribution in [0.25, 0.3) is 0 Å². The average Bonchev–Trinajstić information content (AvgIpc) is 2.88. The summed E-state index contributed by atoms with van der Waals surface area (Å²) in [6, 6.07) is 0. The third-order valence-electron chi connectivity index (χ3n) is 4.11. The van der Waals surface area contributed by atoms with Crippen LogP contribution in [0, 0.1) is 5.92 Å². The minimum absolute atomic E-state index is 0.263. The Balaban J connectivity index is 1.91. The highest BCUT2D eigenvalue weighted by Crippen LogP contribution is 2.27. The topological polar surface area (TPSA) is 32.3 Å². The van der Waals surface area contributed by atoms with E-state index in [-0.39, 0.29) is 5.54 Å². The van der Waals surface area contributed by atoms with E-state index in [1.807, 2.05) is 0 Å². The van der Waals surface area contributed by atoms with Crippen LogP contribution < -0.4 is 5.32 Å². The number of rotatable bonds is 3. The van der Waals surface area contributed by atoms with Crippen molar-refractivity contribution in [3.8, 4) is 0 Å². The van der Waals surface area contributed by atoms with Crippen LogP contribution in [0.5, 0.6) is 0 Å². The van der Waals surface area contributed by atoms with Crippen molar-refractivity contribution in [1.29, 1.82) is 0 Å². The van der Waals surface area contributed by atoms with Gasteiger partial charge in [0.2, 0.25) is 5.91 Å². The summed E-state index contributed by atoms with van der Waals surface area (Å²) >= 11 is 0. The lowest BCUT2D eigenvalue weighted by atomic mass is 9.98. The normalized spacial score (nSPS) is 34.6. The van der Waals surface area contributed by atoms with Crippen LogP contribution in [0.3, 0.4) is 0 Å². The van der Waals surface area contributed by atoms with Crippen LogP contribution in [0.2, 0.25) is 0 Å². The smallest absolute Gasteiger partial charge is 0.242 e. The lowest BCUT2D eigenvalue weighted by Crippen LogP contribution is -2.52. The Morgan fingerprint density at radius 1 is 1.56 bits per heavy atom. The fourth-order valence-electron chi connectivity index (χ4n) is 3.09. The molecule has 0 aromatic carbocycles. The van der Waals surface area contributed by atoms with Gasteiger partial charge in [0.1, 0.15) is 0 Å². The second-order valence-electron chi connectivity index (χ2n) is 5.56. The first-order valence-electron chi connectivity index (χ1n) is 6.70. The summed E-state index contributed by atoms with van der Waals surface area (Å²) in [6.07, 6.45) is 5.85. The zero-order valence-electron chi connectivity index (χ0n) is 10.6. The van der Waals surface area contributed by atoms with Crippen molar-refractivity contribution in [2.75, 3.05) is 19.6 Å². The Bertz CT molecular complexity index is 259. The van der Waals surface area contributed by atoms with Gasteiger partial charge in [0, 0.05) is 13.1 Å². The van der Waals surface area contributed by atoms with E-state index in [1.165, 1.54) is 19.3 Å². The first-order chi connectivity index (χ1) is 7.65. The summed E-state index contributed by atoms with van der Waals surface area (Å²) in [4.78, 5) is 14.5. The van der Waals surface area contributed by atoms with Crippen molar-refractivity contribution in [2.45, 2.75) is 51.5 Å². The van der Waals surface area contributed by atoms with Gasteiger partial charge in [-0.25, -0.2) is 0 Å². The fourth-order valence-corrected chi connectivity index (χ4v) is 3.09. The molecular formula is C13H24N2O. The van der Waals surface area contributed by atoms with Crippen molar-refractivity contribution in [3.63, 3.8) is 0 Å². The van der Waals surface area contributed by atoms with Crippen LogP contribution in [0.4, 0.5) is 0 Å². The lowest BCUT2D eigenvalue weighted by Gasteiger charge is -2.29. The molecule has 2 aliphatic rings. The lowest BCUT2D eigenvalue weighted by molar-refractivity contribution is -0.136. The van der Waals surface area contributed by atoms with E-state index < -0.39 is 0 Å². The molecule has 0 radical (unpaired) electrons. The molecule has 0 aromatic heterocycles. The molecule has 2 heterocycles. The minimum Gasteiger partial charge on any atom is -0.341 e. The van der Waals surface area contributed by atoms with Gasteiger partial charge in [0.25, 0.3) is 0 Å². The minimum atomic E-state index is -0.263. The van der Waals surface area contributed by atoms with Gasteiger partial charge in [-0.3, -0.25) is 4.79 Å². The van der Waals surface area contributed by atoms with Crippen LogP contribution >= 0.6 is 0 Å². The van der Waals surface area contributed by atoms with Crippen molar-refractivity contribution < 1.29 is 4.79 Å². The predicted molar refractivity (Wildman–Crippen MR) is 65.2 cm³/mol. The molecule has 1 amide bonds. The Hall–Kier alpha value is -0.570. The Morgan fingerprint density at radius 2 is 2.38 bits per heavy atom. The molecular weight excluding hydrogens is 200 g/mol. The van der Waals surface area contributed by atoms with E-state index >= 15 is 0 Å². The van der Waals surface area contributed by atoms with Crippen LogP contribution in [-0.2, 0) is 4.79 Å². The Morgan fingerprint density at radius 3 is 3.00 bits per heavy atom. The summed E-state index contributed by atoms with van der Waals surface area (Å²) in [7, 11) is 0. The van der Waals surface area contributed by atoms with Crippen LogP contribution in [0.15, 0.2) is 0 Å². The van der Waals surface area contributed by atoms with Crippen molar-refractivity contribution >= 4 is 5.91 Å². The van der Waals surface area contributed by atoms with Gasteiger partial charge in [-0.05, 0) is 45.1 Å². The maximum absolute atomic E-state index is 12.4. The SMILES string of the molecule is CCCC1CCN(C(=O)C2(C)CCCN2)C1. The number of amides is 1. The second-order valence-corrected chi connectivity index (χ2v) is 5.56. The molecule has 2 saturated heterocycles. The zero-order chi connectivity index (χ0) is 11.6. The fraction of sp³-hybridized carbons (Fsp3) is 0.923. The Kier molecular flexibility index (Phi) is 3.53. The largest absolute Gasteiger partial charge is 0.341 e. The first-order valence-corrected chi connectivity index (χ1v) is 6.70. The van der Waals surface area contributed by atoms with Crippen LogP contribution in [-0.4, -0.2) is 36.0 Å². The quantitative estimate of drug-likeness (QED) is 0.792. The standard InChI is InChI=1S/C13H24N2O/c1-3-5-11-6-9-15(10-11)12(16)13(2)7-4-8-14-13/h11,14H,3-10H2,1-2H3. The molecule has 1 N–H and O–H groups in total. The number of carbonyl (C=O) groups is 1. The summed E-state index contributed by atoms with van der Waals surface area (Å²) < 4.78 is 0. The van der Waals surface area contributed by atoms with E-state index in [9.17, 15) is 4.79 Å². The number of hydrogen-bond donors (Lipinski definition) is 1. The maximum atomic E-state index is 12.4. The molecule has 16 heavy (non-hydrogen) atoms. The van der Waals surface area contributed by atoms with E-state index in [0.717, 1.165) is 38.4 Å². The van der Waals surface area contributed by atoms with Crippen LogP contribution in [0.1, 0.15) is 46.0 Å². The van der Waals surface area contributed by atoms with E-state index in [1.54, 1.807) is 0 Å². The van der Waals surface area contributed by atoms with Gasteiger partial charge < -0.3 is 10.2 Å². The predicted octanol–water partition coefficient (Wildman–Crippen LogP) is 1.78. The molecule has 0 aromatic rings. The molecule has 2 atom stereocenters. The highest BCUT2D eigenvalue weighted by atomic mass is 16.2. The molecule has 2 aliphatic heterocycles. The van der Waals surface area contributed by atoms with Gasteiger partial charge in [-0.2, -0.15) is 0 Å². The number of nitrogens with one attached hydrogen (secondary N) is 1. The molecule has 3 heteroatoms. The van der Waals surface area contributed by atoms with Gasteiger partial charge in [-0.1, -0.05) is 13.3 Å².